The minimum absolute atomic E-state index is 0.0926. The van der Waals surface area contributed by atoms with Crippen molar-refractivity contribution in [2.45, 2.75) is 437 Å². The van der Waals surface area contributed by atoms with Crippen LogP contribution in [0.15, 0.2) is 170 Å². The molecule has 0 bridgehead atoms. The standard InChI is InChI=1S/C105H180O16P2/c1-4-7-10-13-16-19-22-25-28-31-33-35-37-39-41-43-45-47-49-51-53-55-57-59-61-63-65-68-70-73-76-79-82-85-88-91-103(108)115-94-100(106)95-117-122(111,112)118-96-101(107)97-119-123(113,114)120-99-102(121-105(110)93-90-87-84-81-78-75-72-67-30-27-24-21-18-15-12-9-6-3)98-116-104(109)92-89-86-83-80-77-74-71-69-66-64-62-60-58-56-54-52-50-48-46-44-42-40-38-36-34-32-29-26-23-20-17-14-11-8-5-2/h7-12,16-21,25-30,33-36,39-42,45,47,100-102,106-107H,4-6,13-15,22-24,31-32,37-38,43-44,46,48-99H2,1-3H3,(H,111,112)(H,113,114)/b10-7-,11-8-,12-9-,19-16-,20-17-,21-18-,28-25-,29-26-,30-27-,35-33-,36-34-,41-39-,42-40-,47-45-. The molecule has 0 aromatic heterocycles. The Bertz CT molecular complexity index is 2920. The van der Waals surface area contributed by atoms with Gasteiger partial charge in [-0.25, -0.2) is 9.13 Å². The van der Waals surface area contributed by atoms with Gasteiger partial charge >= 0.3 is 33.6 Å². The Kier molecular flexibility index (Phi) is 92.0. The highest BCUT2D eigenvalue weighted by Gasteiger charge is 2.30. The highest BCUT2D eigenvalue weighted by atomic mass is 31.2. The quantitative estimate of drug-likeness (QED) is 0.0146. The zero-order valence-corrected chi connectivity index (χ0v) is 79.9. The van der Waals surface area contributed by atoms with Crippen molar-refractivity contribution in [3.63, 3.8) is 0 Å². The molecule has 123 heavy (non-hydrogen) atoms. The SMILES string of the molecule is CC/C=C\C/C=C\C/C=C\C/C=C\C/C=C\C/C=C\CCCCCCCCCCCCCCCCCCC(=O)OCC(O)COP(=O)(O)OCC(O)COP(=O)(O)OCC(COC(=O)CCCCCCCCCCCCCCCCCCCCC/C=C\C/C=C\C/C=C\C/C=C\C/C=C\CC)OC(=O)CCCCCCCCC/C=C\C/C=C\C/C=C\CC. The van der Waals surface area contributed by atoms with Gasteiger partial charge in [-0.15, -0.1) is 0 Å². The third-order valence-corrected chi connectivity index (χ3v) is 22.8. The third kappa shape index (κ3) is 97.4. The molecule has 0 amide bonds. The summed E-state index contributed by atoms with van der Waals surface area (Å²) in [6, 6.07) is 0. The normalized spacial score (nSPS) is 14.4. The van der Waals surface area contributed by atoms with Gasteiger partial charge in [-0.3, -0.25) is 32.5 Å². The van der Waals surface area contributed by atoms with Crippen LogP contribution in [-0.2, 0) is 55.8 Å². The molecule has 0 aromatic rings. The summed E-state index contributed by atoms with van der Waals surface area (Å²) >= 11 is 0. The van der Waals surface area contributed by atoms with Gasteiger partial charge in [0.25, 0.3) is 0 Å². The molecule has 0 rings (SSSR count). The van der Waals surface area contributed by atoms with E-state index >= 15 is 0 Å². The lowest BCUT2D eigenvalue weighted by molar-refractivity contribution is -0.161. The Hall–Kier alpha value is -5.09. The second-order valence-electron chi connectivity index (χ2n) is 32.8. The second-order valence-corrected chi connectivity index (χ2v) is 35.7. The molecule has 0 aliphatic rings. The number of hydrogen-bond acceptors (Lipinski definition) is 14. The zero-order chi connectivity index (χ0) is 89.3. The van der Waals surface area contributed by atoms with Gasteiger partial charge < -0.3 is 34.2 Å². The molecule has 0 aliphatic carbocycles. The van der Waals surface area contributed by atoms with Crippen LogP contribution in [0.3, 0.4) is 0 Å². The number of esters is 3. The molecule has 16 nitrogen and oxygen atoms in total. The highest BCUT2D eigenvalue weighted by Crippen LogP contribution is 2.45. The van der Waals surface area contributed by atoms with E-state index in [0.717, 1.165) is 173 Å². The minimum atomic E-state index is -4.94. The molecule has 5 atom stereocenters. The minimum Gasteiger partial charge on any atom is -0.463 e. The number of phosphoric ester groups is 2. The number of aliphatic hydroxyl groups excluding tert-OH is 2. The summed E-state index contributed by atoms with van der Waals surface area (Å²) in [7, 11) is -9.81. The van der Waals surface area contributed by atoms with E-state index in [1.165, 1.54) is 186 Å². The van der Waals surface area contributed by atoms with Crippen molar-refractivity contribution >= 4 is 33.6 Å². The van der Waals surface area contributed by atoms with Gasteiger partial charge in [0.1, 0.15) is 25.4 Å². The largest absolute Gasteiger partial charge is 0.472 e. The van der Waals surface area contributed by atoms with Gasteiger partial charge in [-0.05, 0) is 148 Å². The maximum atomic E-state index is 13.1. The molecule has 0 saturated heterocycles. The van der Waals surface area contributed by atoms with Gasteiger partial charge in [0.15, 0.2) is 6.10 Å². The van der Waals surface area contributed by atoms with Crippen molar-refractivity contribution in [3.8, 4) is 0 Å². The molecule has 0 aromatic carbocycles. The van der Waals surface area contributed by atoms with Crippen LogP contribution in [0.5, 0.6) is 0 Å². The number of carbonyl (C=O) groups excluding carboxylic acids is 3. The molecule has 0 saturated carbocycles. The third-order valence-electron chi connectivity index (χ3n) is 20.9. The first-order valence-corrected chi connectivity index (χ1v) is 52.4. The fourth-order valence-electron chi connectivity index (χ4n) is 13.6. The van der Waals surface area contributed by atoms with Crippen molar-refractivity contribution in [2.75, 3.05) is 39.6 Å². The zero-order valence-electron chi connectivity index (χ0n) is 78.1. The van der Waals surface area contributed by atoms with Gasteiger partial charge in [0.2, 0.25) is 0 Å². The second kappa shape index (κ2) is 96.0. The van der Waals surface area contributed by atoms with Crippen molar-refractivity contribution in [1.82, 2.24) is 0 Å². The van der Waals surface area contributed by atoms with E-state index in [1.54, 1.807) is 0 Å². The Morgan fingerprint density at radius 2 is 0.407 bits per heavy atom. The predicted octanol–water partition coefficient (Wildman–Crippen LogP) is 31.0. The van der Waals surface area contributed by atoms with Crippen LogP contribution < -0.4 is 0 Å². The average molecular weight is 1760 g/mol. The van der Waals surface area contributed by atoms with Crippen LogP contribution in [0.25, 0.3) is 0 Å². The number of aliphatic hydroxyl groups is 2. The van der Waals surface area contributed by atoms with Gasteiger partial charge in [-0.2, -0.15) is 0 Å². The molecule has 706 valence electrons. The Morgan fingerprint density at radius 1 is 0.228 bits per heavy atom. The summed E-state index contributed by atoms with van der Waals surface area (Å²) in [5.74, 6) is -1.57. The molecule has 5 unspecified atom stereocenters. The summed E-state index contributed by atoms with van der Waals surface area (Å²) in [5, 5.41) is 20.8. The number of phosphoric acid groups is 2. The van der Waals surface area contributed by atoms with Gasteiger partial charge in [-0.1, -0.05) is 422 Å². The summed E-state index contributed by atoms with van der Waals surface area (Å²) < 4.78 is 61.5. The van der Waals surface area contributed by atoms with E-state index in [0.29, 0.717) is 19.3 Å². The molecule has 0 heterocycles. The number of hydrogen-bond donors (Lipinski definition) is 4. The molecule has 0 spiro atoms. The number of carbonyl (C=O) groups is 3. The molecule has 0 fully saturated rings. The van der Waals surface area contributed by atoms with E-state index in [1.807, 2.05) is 0 Å². The van der Waals surface area contributed by atoms with E-state index in [-0.39, 0.29) is 19.3 Å². The molecule has 0 radical (unpaired) electrons. The van der Waals surface area contributed by atoms with Crippen LogP contribution >= 0.6 is 15.6 Å². The lowest BCUT2D eigenvalue weighted by Crippen LogP contribution is -2.30. The maximum absolute atomic E-state index is 13.1. The van der Waals surface area contributed by atoms with Crippen LogP contribution in [0.1, 0.15) is 419 Å². The average Bonchev–Trinajstić information content (AvgIpc) is 0.897. The predicted molar refractivity (Wildman–Crippen MR) is 519 cm³/mol. The fraction of sp³-hybridized carbons (Fsp3) is 0.705. The number of rotatable bonds is 93. The molecular formula is C105H180O16P2. The Morgan fingerprint density at radius 3 is 0.642 bits per heavy atom. The van der Waals surface area contributed by atoms with E-state index in [4.69, 9.17) is 32.3 Å². The van der Waals surface area contributed by atoms with Crippen LogP contribution in [0.4, 0.5) is 0 Å². The molecular weight excluding hydrogens is 1580 g/mol. The lowest BCUT2D eigenvalue weighted by atomic mass is 10.0. The Labute approximate surface area is 752 Å². The van der Waals surface area contributed by atoms with Gasteiger partial charge in [0, 0.05) is 19.3 Å². The monoisotopic (exact) mass is 1760 g/mol. The molecule has 0 aliphatic heterocycles. The smallest absolute Gasteiger partial charge is 0.463 e. The van der Waals surface area contributed by atoms with Crippen molar-refractivity contribution in [2.24, 2.45) is 0 Å². The van der Waals surface area contributed by atoms with Crippen molar-refractivity contribution in [3.05, 3.63) is 170 Å². The van der Waals surface area contributed by atoms with E-state index in [9.17, 15) is 43.5 Å². The van der Waals surface area contributed by atoms with Crippen LogP contribution in [0.2, 0.25) is 0 Å². The maximum Gasteiger partial charge on any atom is 0.472 e. The van der Waals surface area contributed by atoms with Crippen LogP contribution in [0, 0.1) is 0 Å². The number of unbranched alkanes of at least 4 members (excludes halogenated alkanes) is 42. The van der Waals surface area contributed by atoms with Crippen LogP contribution in [-0.4, -0.2) is 95.9 Å². The first kappa shape index (κ1) is 118. The van der Waals surface area contributed by atoms with E-state index < -0.39 is 91.5 Å². The Balaban J connectivity index is 4.44. The summed E-state index contributed by atoms with van der Waals surface area (Å²) in [6.45, 7) is 2.40. The van der Waals surface area contributed by atoms with E-state index in [2.05, 4.69) is 191 Å². The summed E-state index contributed by atoms with van der Waals surface area (Å²) in [4.78, 5) is 59.1. The first-order valence-electron chi connectivity index (χ1n) is 49.4. The van der Waals surface area contributed by atoms with Crippen molar-refractivity contribution in [1.29, 1.82) is 0 Å². The summed E-state index contributed by atoms with van der Waals surface area (Å²) in [5.41, 5.74) is 0. The number of allylic oxidation sites excluding steroid dienone is 28. The topological polar surface area (TPSA) is 231 Å². The number of ether oxygens (including phenoxy) is 3. The van der Waals surface area contributed by atoms with Crippen molar-refractivity contribution < 1.29 is 75.8 Å². The first-order chi connectivity index (χ1) is 60.2. The molecule has 4 N–H and O–H groups in total. The van der Waals surface area contributed by atoms with Gasteiger partial charge in [0.05, 0.1) is 26.4 Å². The molecule has 18 heteroatoms. The fourth-order valence-corrected chi connectivity index (χ4v) is 15.1. The summed E-state index contributed by atoms with van der Waals surface area (Å²) in [6.07, 6.45) is 126. The lowest BCUT2D eigenvalue weighted by Gasteiger charge is -2.21. The highest BCUT2D eigenvalue weighted by molar-refractivity contribution is 7.47.